The molecule has 0 N–H and O–H groups in total. The second-order valence-corrected chi connectivity index (χ2v) is 5.71. The molecule has 0 unspecified atom stereocenters. The normalized spacial score (nSPS) is 10.8. The Labute approximate surface area is 123 Å². The number of ketones is 1. The third-order valence-electron chi connectivity index (χ3n) is 3.58. The van der Waals surface area contributed by atoms with Crippen LogP contribution < -0.4 is 4.74 Å². The first kappa shape index (κ1) is 16.7. The lowest BCUT2D eigenvalue weighted by atomic mass is 10.0. The second-order valence-electron chi connectivity index (χ2n) is 5.71. The number of Topliss-reactive ketones (excluding diaryl/α,β-unsaturated/α-hetero) is 1. The number of aryl methyl sites for hydroxylation is 2. The van der Waals surface area contributed by atoms with Gasteiger partial charge in [0.2, 0.25) is 0 Å². The zero-order chi connectivity index (χ0) is 15.0. The van der Waals surface area contributed by atoms with Gasteiger partial charge in [-0.05, 0) is 50.3 Å². The monoisotopic (exact) mass is 276 g/mol. The Bertz CT molecular complexity index is 421. The van der Waals surface area contributed by atoms with Crippen LogP contribution in [0.5, 0.6) is 5.75 Å². The van der Waals surface area contributed by atoms with Gasteiger partial charge in [0.25, 0.3) is 0 Å². The van der Waals surface area contributed by atoms with E-state index in [2.05, 4.69) is 25.1 Å². The summed E-state index contributed by atoms with van der Waals surface area (Å²) >= 11 is 0. The highest BCUT2D eigenvalue weighted by Gasteiger charge is 2.06. The lowest BCUT2D eigenvalue weighted by Gasteiger charge is -2.09. The average molecular weight is 276 g/mol. The Kier molecular flexibility index (Phi) is 7.35. The van der Waals surface area contributed by atoms with E-state index in [1.807, 2.05) is 20.8 Å². The summed E-state index contributed by atoms with van der Waals surface area (Å²) in [4.78, 5) is 11.5. The van der Waals surface area contributed by atoms with E-state index in [4.69, 9.17) is 4.74 Å². The molecule has 0 fully saturated rings. The summed E-state index contributed by atoms with van der Waals surface area (Å²) < 4.78 is 5.62. The molecule has 0 aliphatic carbocycles. The van der Waals surface area contributed by atoms with Crippen LogP contribution in [-0.4, -0.2) is 12.4 Å². The maximum atomic E-state index is 11.5. The highest BCUT2D eigenvalue weighted by atomic mass is 16.5. The van der Waals surface area contributed by atoms with Gasteiger partial charge < -0.3 is 4.74 Å². The molecule has 1 rings (SSSR count). The van der Waals surface area contributed by atoms with Crippen molar-refractivity contribution < 1.29 is 9.53 Å². The van der Waals surface area contributed by atoms with Gasteiger partial charge >= 0.3 is 0 Å². The summed E-state index contributed by atoms with van der Waals surface area (Å²) in [5.41, 5.74) is 2.52. The van der Waals surface area contributed by atoms with Crippen molar-refractivity contribution in [1.82, 2.24) is 0 Å². The highest BCUT2D eigenvalue weighted by molar-refractivity contribution is 5.80. The Morgan fingerprint density at radius 1 is 1.20 bits per heavy atom. The lowest BCUT2D eigenvalue weighted by Crippen LogP contribution is -2.06. The second kappa shape index (κ2) is 8.78. The molecule has 2 heteroatoms. The lowest BCUT2D eigenvalue weighted by molar-refractivity contribution is -0.122. The summed E-state index contributed by atoms with van der Waals surface area (Å²) in [5, 5.41) is 0. The summed E-state index contributed by atoms with van der Waals surface area (Å²) in [7, 11) is 0. The van der Waals surface area contributed by atoms with E-state index in [0.29, 0.717) is 12.4 Å². The van der Waals surface area contributed by atoms with E-state index < -0.39 is 0 Å². The molecule has 0 saturated heterocycles. The fourth-order valence-corrected chi connectivity index (χ4v) is 2.20. The fourth-order valence-electron chi connectivity index (χ4n) is 2.20. The third-order valence-corrected chi connectivity index (χ3v) is 3.58. The van der Waals surface area contributed by atoms with Gasteiger partial charge in [-0.1, -0.05) is 32.4 Å². The van der Waals surface area contributed by atoms with E-state index in [1.54, 1.807) is 0 Å². The van der Waals surface area contributed by atoms with Crippen LogP contribution in [-0.2, 0) is 11.2 Å². The number of hydrogen-bond acceptors (Lipinski definition) is 2. The molecule has 0 heterocycles. The predicted octanol–water partition coefficient (Wildman–Crippen LogP) is 4.72. The van der Waals surface area contributed by atoms with E-state index in [1.165, 1.54) is 11.1 Å². The fraction of sp³-hybridized carbons (Fsp3) is 0.611. The molecule has 0 aliphatic heterocycles. The quantitative estimate of drug-likeness (QED) is 0.610. The molecule has 2 nitrogen and oxygen atoms in total. The van der Waals surface area contributed by atoms with Gasteiger partial charge in [0.05, 0.1) is 6.61 Å². The van der Waals surface area contributed by atoms with Gasteiger partial charge in [-0.25, -0.2) is 0 Å². The number of hydrogen-bond donors (Lipinski definition) is 0. The van der Waals surface area contributed by atoms with Crippen molar-refractivity contribution in [3.63, 3.8) is 0 Å². The first-order valence-electron chi connectivity index (χ1n) is 7.79. The minimum absolute atomic E-state index is 0.181. The molecule has 0 amide bonds. The molecule has 0 atom stereocenters. The summed E-state index contributed by atoms with van der Waals surface area (Å²) in [5.74, 6) is 1.57. The van der Waals surface area contributed by atoms with Crippen molar-refractivity contribution in [3.05, 3.63) is 29.3 Å². The molecular weight excluding hydrogens is 248 g/mol. The summed E-state index contributed by atoms with van der Waals surface area (Å²) in [6.45, 7) is 8.75. The van der Waals surface area contributed by atoms with Crippen LogP contribution in [0.1, 0.15) is 57.6 Å². The molecule has 0 bridgehead atoms. The van der Waals surface area contributed by atoms with Crippen LogP contribution in [0, 0.1) is 12.8 Å². The van der Waals surface area contributed by atoms with Crippen LogP contribution in [0.15, 0.2) is 18.2 Å². The zero-order valence-corrected chi connectivity index (χ0v) is 13.4. The van der Waals surface area contributed by atoms with E-state index in [0.717, 1.165) is 37.9 Å². The van der Waals surface area contributed by atoms with E-state index in [9.17, 15) is 4.79 Å². The average Bonchev–Trinajstić information content (AvgIpc) is 2.41. The van der Waals surface area contributed by atoms with E-state index in [-0.39, 0.29) is 5.92 Å². The van der Waals surface area contributed by atoms with Gasteiger partial charge in [-0.3, -0.25) is 4.79 Å². The van der Waals surface area contributed by atoms with Crippen LogP contribution in [0.3, 0.4) is 0 Å². The number of benzene rings is 1. The molecule has 0 spiro atoms. The van der Waals surface area contributed by atoms with Crippen molar-refractivity contribution in [3.8, 4) is 5.75 Å². The van der Waals surface area contributed by atoms with Crippen molar-refractivity contribution in [2.24, 2.45) is 5.92 Å². The molecular formula is C18H28O2. The minimum atomic E-state index is 0.181. The van der Waals surface area contributed by atoms with Gasteiger partial charge in [0, 0.05) is 12.3 Å². The van der Waals surface area contributed by atoms with Crippen LogP contribution in [0.4, 0.5) is 0 Å². The molecule has 1 aromatic carbocycles. The first-order valence-corrected chi connectivity index (χ1v) is 7.79. The van der Waals surface area contributed by atoms with Crippen LogP contribution in [0.2, 0.25) is 0 Å². The number of carbonyl (C=O) groups excluding carboxylic acids is 1. The largest absolute Gasteiger partial charge is 0.494 e. The smallest absolute Gasteiger partial charge is 0.135 e. The SMILES string of the molecule is CCOc1cc(CCCCCC(=O)C(C)C)ccc1C. The number of ether oxygens (including phenoxy) is 1. The zero-order valence-electron chi connectivity index (χ0n) is 13.4. The number of rotatable bonds is 9. The van der Waals surface area contributed by atoms with Gasteiger partial charge in [-0.15, -0.1) is 0 Å². The van der Waals surface area contributed by atoms with Crippen molar-refractivity contribution in [1.29, 1.82) is 0 Å². The summed E-state index contributed by atoms with van der Waals surface area (Å²) in [6, 6.07) is 6.46. The van der Waals surface area contributed by atoms with Gasteiger partial charge in [0.1, 0.15) is 11.5 Å². The van der Waals surface area contributed by atoms with Crippen LogP contribution >= 0.6 is 0 Å². The molecule has 0 aliphatic rings. The van der Waals surface area contributed by atoms with E-state index >= 15 is 0 Å². The maximum absolute atomic E-state index is 11.5. The first-order chi connectivity index (χ1) is 9.54. The Hall–Kier alpha value is -1.31. The van der Waals surface area contributed by atoms with Gasteiger partial charge in [-0.2, -0.15) is 0 Å². The molecule has 112 valence electrons. The van der Waals surface area contributed by atoms with Crippen molar-refractivity contribution in [2.45, 2.75) is 59.8 Å². The molecule has 20 heavy (non-hydrogen) atoms. The molecule has 0 radical (unpaired) electrons. The highest BCUT2D eigenvalue weighted by Crippen LogP contribution is 2.21. The molecule has 1 aromatic rings. The number of carbonyl (C=O) groups is 1. The van der Waals surface area contributed by atoms with Crippen molar-refractivity contribution >= 4 is 5.78 Å². The minimum Gasteiger partial charge on any atom is -0.494 e. The Morgan fingerprint density at radius 3 is 2.60 bits per heavy atom. The third kappa shape index (κ3) is 5.77. The van der Waals surface area contributed by atoms with Crippen molar-refractivity contribution in [2.75, 3.05) is 6.61 Å². The van der Waals surface area contributed by atoms with Crippen LogP contribution in [0.25, 0.3) is 0 Å². The Balaban J connectivity index is 2.32. The molecule has 0 saturated carbocycles. The summed E-state index contributed by atoms with van der Waals surface area (Å²) in [6.07, 6.45) is 5.07. The Morgan fingerprint density at radius 2 is 1.95 bits per heavy atom. The molecule has 0 aromatic heterocycles. The predicted molar refractivity (Wildman–Crippen MR) is 84.4 cm³/mol. The van der Waals surface area contributed by atoms with Gasteiger partial charge in [0.15, 0.2) is 0 Å². The standard InChI is InChI=1S/C18H28O2/c1-5-20-18-13-16(12-11-15(18)4)9-7-6-8-10-17(19)14(2)3/h11-14H,5-10H2,1-4H3. The number of unbranched alkanes of at least 4 members (excludes halogenated alkanes) is 2. The topological polar surface area (TPSA) is 26.3 Å². The maximum Gasteiger partial charge on any atom is 0.135 e.